The number of rotatable bonds is 6. The predicted molar refractivity (Wildman–Crippen MR) is 59.8 cm³/mol. The van der Waals surface area contributed by atoms with Crippen molar-refractivity contribution >= 4 is 11.9 Å². The molecule has 0 aromatic rings. The molecule has 0 aromatic carbocycles. The minimum atomic E-state index is -0.800. The molecule has 0 spiro atoms. The Balaban J connectivity index is 2.38. The lowest BCUT2D eigenvalue weighted by molar-refractivity contribution is -0.154. The fourth-order valence-electron chi connectivity index (χ4n) is 1.88. The molecule has 0 bridgehead atoms. The summed E-state index contributed by atoms with van der Waals surface area (Å²) in [6.07, 6.45) is 2.88. The Bertz CT molecular complexity index is 274. The first-order valence-corrected chi connectivity index (χ1v) is 5.73. The van der Waals surface area contributed by atoms with Gasteiger partial charge in [-0.2, -0.15) is 0 Å². The summed E-state index contributed by atoms with van der Waals surface area (Å²) in [5.74, 6) is -1.04. The lowest BCUT2D eigenvalue weighted by atomic mass is 9.68. The van der Waals surface area contributed by atoms with Crippen LogP contribution in [0.5, 0.6) is 0 Å². The van der Waals surface area contributed by atoms with E-state index < -0.39 is 11.4 Å². The molecule has 92 valence electrons. The third-order valence-corrected chi connectivity index (χ3v) is 3.41. The molecule has 0 radical (unpaired) electrons. The molecule has 5 heteroatoms. The molecule has 4 N–H and O–H groups in total. The Labute approximate surface area is 95.4 Å². The Morgan fingerprint density at radius 3 is 2.50 bits per heavy atom. The molecule has 0 heterocycles. The molecular weight excluding hydrogens is 208 g/mol. The van der Waals surface area contributed by atoms with Gasteiger partial charge in [0, 0.05) is 12.5 Å². The minimum absolute atomic E-state index is 0.0991. The highest BCUT2D eigenvalue weighted by molar-refractivity contribution is 5.80. The van der Waals surface area contributed by atoms with Crippen molar-refractivity contribution in [2.24, 2.45) is 17.1 Å². The predicted octanol–water partition coefficient (Wildman–Crippen LogP) is 0.342. The van der Waals surface area contributed by atoms with Crippen molar-refractivity contribution in [2.75, 3.05) is 13.1 Å². The van der Waals surface area contributed by atoms with Gasteiger partial charge >= 0.3 is 5.97 Å². The van der Waals surface area contributed by atoms with Gasteiger partial charge in [0.25, 0.3) is 0 Å². The average Bonchev–Trinajstić information content (AvgIpc) is 2.15. The quantitative estimate of drug-likeness (QED) is 0.611. The van der Waals surface area contributed by atoms with Crippen LogP contribution in [0.4, 0.5) is 0 Å². The standard InChI is InChI=1S/C11H20N2O3/c1-8(3-6-12)9(14)13-7-11(10(15)16)4-2-5-11/h8H,2-7,12H2,1H3,(H,13,14)(H,15,16). The van der Waals surface area contributed by atoms with Crippen LogP contribution in [-0.4, -0.2) is 30.1 Å². The van der Waals surface area contributed by atoms with Crippen LogP contribution < -0.4 is 11.1 Å². The smallest absolute Gasteiger partial charge is 0.311 e. The van der Waals surface area contributed by atoms with Gasteiger partial charge in [-0.3, -0.25) is 9.59 Å². The summed E-state index contributed by atoms with van der Waals surface area (Å²) in [5, 5.41) is 11.8. The largest absolute Gasteiger partial charge is 0.481 e. The maximum Gasteiger partial charge on any atom is 0.311 e. The highest BCUT2D eigenvalue weighted by atomic mass is 16.4. The third-order valence-electron chi connectivity index (χ3n) is 3.41. The number of hydrogen-bond donors (Lipinski definition) is 3. The Kier molecular flexibility index (Phi) is 4.29. The molecule has 0 aliphatic heterocycles. The number of carboxylic acids is 1. The molecule has 1 aliphatic rings. The summed E-state index contributed by atoms with van der Waals surface area (Å²) < 4.78 is 0. The van der Waals surface area contributed by atoms with Crippen LogP contribution in [-0.2, 0) is 9.59 Å². The lowest BCUT2D eigenvalue weighted by Gasteiger charge is -2.37. The van der Waals surface area contributed by atoms with Crippen molar-refractivity contribution in [1.82, 2.24) is 5.32 Å². The van der Waals surface area contributed by atoms with Crippen LogP contribution in [0.2, 0.25) is 0 Å². The van der Waals surface area contributed by atoms with Gasteiger partial charge in [-0.25, -0.2) is 0 Å². The first-order valence-electron chi connectivity index (χ1n) is 5.73. The molecule has 1 rings (SSSR count). The second kappa shape index (κ2) is 5.30. The number of hydrogen-bond acceptors (Lipinski definition) is 3. The number of aliphatic carboxylic acids is 1. The van der Waals surface area contributed by atoms with E-state index in [9.17, 15) is 9.59 Å². The van der Waals surface area contributed by atoms with Gasteiger partial charge in [0.15, 0.2) is 0 Å². The van der Waals surface area contributed by atoms with Crippen molar-refractivity contribution in [3.63, 3.8) is 0 Å². The highest BCUT2D eigenvalue weighted by Crippen LogP contribution is 2.40. The molecule has 1 saturated carbocycles. The van der Waals surface area contributed by atoms with E-state index in [-0.39, 0.29) is 18.4 Å². The average molecular weight is 228 g/mol. The summed E-state index contributed by atoms with van der Waals surface area (Å²) in [4.78, 5) is 22.6. The zero-order chi connectivity index (χ0) is 12.2. The Morgan fingerprint density at radius 1 is 1.50 bits per heavy atom. The molecule has 1 fully saturated rings. The van der Waals surface area contributed by atoms with Crippen molar-refractivity contribution in [3.05, 3.63) is 0 Å². The van der Waals surface area contributed by atoms with Crippen LogP contribution in [0.3, 0.4) is 0 Å². The summed E-state index contributed by atoms with van der Waals surface area (Å²) in [7, 11) is 0. The molecule has 1 aliphatic carbocycles. The zero-order valence-corrected chi connectivity index (χ0v) is 9.66. The summed E-state index contributed by atoms with van der Waals surface area (Å²) in [6, 6.07) is 0. The number of nitrogens with two attached hydrogens (primary N) is 1. The minimum Gasteiger partial charge on any atom is -0.481 e. The van der Waals surface area contributed by atoms with Crippen LogP contribution >= 0.6 is 0 Å². The van der Waals surface area contributed by atoms with Crippen molar-refractivity contribution < 1.29 is 14.7 Å². The first kappa shape index (κ1) is 13.0. The van der Waals surface area contributed by atoms with Crippen LogP contribution in [0.15, 0.2) is 0 Å². The van der Waals surface area contributed by atoms with Gasteiger partial charge in [0.05, 0.1) is 5.41 Å². The summed E-state index contributed by atoms with van der Waals surface area (Å²) >= 11 is 0. The Hall–Kier alpha value is -1.10. The number of carboxylic acid groups (broad SMARTS) is 1. The SMILES string of the molecule is CC(CCN)C(=O)NCC1(C(=O)O)CCC1. The second-order valence-electron chi connectivity index (χ2n) is 4.64. The third kappa shape index (κ3) is 2.72. The van der Waals surface area contributed by atoms with Gasteiger partial charge in [0.2, 0.25) is 5.91 Å². The van der Waals surface area contributed by atoms with Crippen molar-refractivity contribution in [1.29, 1.82) is 0 Å². The topological polar surface area (TPSA) is 92.4 Å². The first-order chi connectivity index (χ1) is 7.52. The van der Waals surface area contributed by atoms with Crippen LogP contribution in [0, 0.1) is 11.3 Å². The van der Waals surface area contributed by atoms with Gasteiger partial charge < -0.3 is 16.2 Å². The molecule has 16 heavy (non-hydrogen) atoms. The number of carbonyl (C=O) groups is 2. The van der Waals surface area contributed by atoms with E-state index in [1.165, 1.54) is 0 Å². The molecule has 0 aromatic heterocycles. The Morgan fingerprint density at radius 2 is 2.12 bits per heavy atom. The van der Waals surface area contributed by atoms with E-state index in [0.29, 0.717) is 25.8 Å². The monoisotopic (exact) mass is 228 g/mol. The van der Waals surface area contributed by atoms with Gasteiger partial charge in [0.1, 0.15) is 0 Å². The van der Waals surface area contributed by atoms with Gasteiger partial charge in [-0.15, -0.1) is 0 Å². The number of carbonyl (C=O) groups excluding carboxylic acids is 1. The molecule has 1 unspecified atom stereocenters. The van der Waals surface area contributed by atoms with Gasteiger partial charge in [-0.05, 0) is 25.8 Å². The molecule has 5 nitrogen and oxygen atoms in total. The van der Waals surface area contributed by atoms with Crippen molar-refractivity contribution in [2.45, 2.75) is 32.6 Å². The molecule has 1 amide bonds. The van der Waals surface area contributed by atoms with E-state index in [0.717, 1.165) is 6.42 Å². The fraction of sp³-hybridized carbons (Fsp3) is 0.818. The van der Waals surface area contributed by atoms with E-state index in [1.807, 2.05) is 0 Å². The van der Waals surface area contributed by atoms with E-state index >= 15 is 0 Å². The van der Waals surface area contributed by atoms with Crippen LogP contribution in [0.25, 0.3) is 0 Å². The number of nitrogens with one attached hydrogen (secondary N) is 1. The maximum absolute atomic E-state index is 11.6. The lowest BCUT2D eigenvalue weighted by Crippen LogP contribution is -2.48. The highest BCUT2D eigenvalue weighted by Gasteiger charge is 2.44. The van der Waals surface area contributed by atoms with Crippen LogP contribution in [0.1, 0.15) is 32.6 Å². The van der Waals surface area contributed by atoms with Crippen molar-refractivity contribution in [3.8, 4) is 0 Å². The number of amides is 1. The normalized spacial score (nSPS) is 19.6. The maximum atomic E-state index is 11.6. The summed E-state index contributed by atoms with van der Waals surface area (Å²) in [6.45, 7) is 2.52. The van der Waals surface area contributed by atoms with E-state index in [4.69, 9.17) is 10.8 Å². The molecular formula is C11H20N2O3. The molecule has 0 saturated heterocycles. The van der Waals surface area contributed by atoms with E-state index in [1.54, 1.807) is 6.92 Å². The fourth-order valence-corrected chi connectivity index (χ4v) is 1.88. The summed E-state index contributed by atoms with van der Waals surface area (Å²) in [5.41, 5.74) is 4.65. The molecule has 1 atom stereocenters. The van der Waals surface area contributed by atoms with E-state index in [2.05, 4.69) is 5.32 Å². The van der Waals surface area contributed by atoms with Gasteiger partial charge in [-0.1, -0.05) is 13.3 Å². The zero-order valence-electron chi connectivity index (χ0n) is 9.66. The second-order valence-corrected chi connectivity index (χ2v) is 4.64.